The van der Waals surface area contributed by atoms with E-state index in [0.717, 1.165) is 49.9 Å². The minimum atomic E-state index is -4.50. The van der Waals surface area contributed by atoms with Gasteiger partial charge in [0.2, 0.25) is 25.6 Å². The molecular formula is C62H72N6O10S2. The van der Waals surface area contributed by atoms with Gasteiger partial charge >= 0.3 is 0 Å². The average Bonchev–Trinajstić information content (AvgIpc) is 3.48. The molecular weight excluding hydrogens is 1050 g/mol. The van der Waals surface area contributed by atoms with Gasteiger partial charge in [0.05, 0.1) is 9.79 Å². The lowest BCUT2D eigenvalue weighted by atomic mass is 9.78. The van der Waals surface area contributed by atoms with Crippen LogP contribution in [0.15, 0.2) is 240 Å². The highest BCUT2D eigenvalue weighted by molar-refractivity contribution is 7.86. The Balaban J connectivity index is 0.000000350. The van der Waals surface area contributed by atoms with Crippen molar-refractivity contribution in [1.29, 1.82) is 0 Å². The van der Waals surface area contributed by atoms with Gasteiger partial charge in [0.15, 0.2) is 11.1 Å². The monoisotopic (exact) mass is 1120 g/mol. The van der Waals surface area contributed by atoms with E-state index in [1.165, 1.54) is 77.2 Å². The van der Waals surface area contributed by atoms with Crippen molar-refractivity contribution in [1.82, 2.24) is 19.6 Å². The van der Waals surface area contributed by atoms with Crippen LogP contribution in [0.4, 0.5) is 0 Å². The average molecular weight is 1130 g/mol. The van der Waals surface area contributed by atoms with Crippen molar-refractivity contribution in [3.05, 3.63) is 264 Å². The Morgan fingerprint density at radius 1 is 0.300 bits per heavy atom. The van der Waals surface area contributed by atoms with E-state index in [1.54, 1.807) is 56.4 Å². The number of quaternary nitrogens is 2. The van der Waals surface area contributed by atoms with Gasteiger partial charge in [0, 0.05) is 89.8 Å². The third-order valence-corrected chi connectivity index (χ3v) is 12.8. The van der Waals surface area contributed by atoms with Crippen LogP contribution in [-0.4, -0.2) is 128 Å². The van der Waals surface area contributed by atoms with E-state index in [0.29, 0.717) is 11.1 Å². The maximum atomic E-state index is 10.8. The van der Waals surface area contributed by atoms with Gasteiger partial charge in [-0.1, -0.05) is 206 Å². The number of amides is 4. The first kappa shape index (κ1) is 67.5. The minimum absolute atomic E-state index is 0.347. The Morgan fingerprint density at radius 2 is 0.438 bits per heavy atom. The first-order valence-corrected chi connectivity index (χ1v) is 27.3. The molecule has 18 heteroatoms. The van der Waals surface area contributed by atoms with E-state index in [2.05, 4.69) is 157 Å². The van der Waals surface area contributed by atoms with Crippen LogP contribution in [0.25, 0.3) is 11.1 Å². The molecule has 0 fully saturated rings. The van der Waals surface area contributed by atoms with E-state index in [4.69, 9.17) is 0 Å². The summed E-state index contributed by atoms with van der Waals surface area (Å²) in [5.41, 5.74) is 16.8. The van der Waals surface area contributed by atoms with E-state index in [9.17, 15) is 45.1 Å². The summed E-state index contributed by atoms with van der Waals surface area (Å²) in [6.07, 6.45) is 3.00. The molecule has 0 bridgehead atoms. The molecule has 8 aromatic rings. The molecule has 0 saturated carbocycles. The number of carbonyl (C=O) groups is 4. The lowest BCUT2D eigenvalue weighted by molar-refractivity contribution is -0.455. The second-order valence-electron chi connectivity index (χ2n) is 18.2. The lowest BCUT2D eigenvalue weighted by Crippen LogP contribution is -2.71. The topological polar surface area (TPSA) is 251 Å². The smallest absolute Gasteiger partial charge is 0.209 e. The molecule has 0 aliphatic heterocycles. The van der Waals surface area contributed by atoms with Gasteiger partial charge in [-0.2, -0.15) is 0 Å². The van der Waals surface area contributed by atoms with Crippen LogP contribution < -0.4 is 11.5 Å². The molecule has 0 unspecified atom stereocenters. The molecule has 422 valence electrons. The van der Waals surface area contributed by atoms with Crippen LogP contribution in [0.5, 0.6) is 0 Å². The summed E-state index contributed by atoms with van der Waals surface area (Å²) in [7, 11) is 4.50. The van der Waals surface area contributed by atoms with Crippen molar-refractivity contribution in [2.75, 3.05) is 56.4 Å². The van der Waals surface area contributed by atoms with Crippen molar-refractivity contribution in [3.8, 4) is 11.1 Å². The Morgan fingerprint density at radius 3 is 0.550 bits per heavy atom. The molecule has 6 N–H and O–H groups in total. The van der Waals surface area contributed by atoms with Crippen molar-refractivity contribution < 1.29 is 56.6 Å². The predicted molar refractivity (Wildman–Crippen MR) is 311 cm³/mol. The Labute approximate surface area is 472 Å². The molecule has 16 nitrogen and oxygen atoms in total. The van der Waals surface area contributed by atoms with Crippen LogP contribution in [-0.2, 0) is 50.5 Å². The quantitative estimate of drug-likeness (QED) is 0.0728. The molecule has 0 radical (unpaired) electrons. The molecule has 0 saturated heterocycles. The molecule has 0 aliphatic carbocycles. The minimum Gasteiger partial charge on any atom is -0.744 e. The Hall–Kier alpha value is -8.62. The zero-order valence-electron chi connectivity index (χ0n) is 46.4. The van der Waals surface area contributed by atoms with Crippen LogP contribution >= 0.6 is 0 Å². The first-order chi connectivity index (χ1) is 37.9. The lowest BCUT2D eigenvalue weighted by Gasteiger charge is -2.27. The van der Waals surface area contributed by atoms with Gasteiger partial charge in [-0.05, 0) is 35.4 Å². The normalized spacial score (nSPS) is 10.4. The molecule has 0 atom stereocenters. The summed E-state index contributed by atoms with van der Waals surface area (Å²) in [5, 5.41) is 0. The Bertz CT molecular complexity index is 2800. The fourth-order valence-electron chi connectivity index (χ4n) is 6.96. The number of benzene rings is 8. The standard InChI is InChI=1S/2C19H17N.C12H10O6S2.4C3H7NO/c2*20-19(16-10-4-1-5-11-16,17-12-6-2-7-13-17)18-14-8-3-9-15-18;13-19(14,15)11-5-1-9(2-6-11)10-3-7-12(8-4-10)20(16,17)18;4*1-4(2)3-5/h2*1-15H,20H2;1-8H,(H,13,14,15)(H,16,17,18);4*3H,1-2H3. The molecule has 4 amide bonds. The van der Waals surface area contributed by atoms with Gasteiger partial charge in [0.25, 0.3) is 0 Å². The largest absolute Gasteiger partial charge is 0.744 e. The molecule has 80 heavy (non-hydrogen) atoms. The molecule has 0 spiro atoms. The number of carbonyl (C=O) groups excluding carboxylic acids is 4. The van der Waals surface area contributed by atoms with E-state index < -0.39 is 20.2 Å². The number of rotatable bonds is 13. The van der Waals surface area contributed by atoms with Gasteiger partial charge in [-0.3, -0.25) is 19.2 Å². The molecule has 0 aromatic heterocycles. The van der Waals surface area contributed by atoms with Gasteiger partial charge in [-0.25, -0.2) is 16.8 Å². The predicted octanol–water partition coefficient (Wildman–Crippen LogP) is 6.42. The molecule has 0 heterocycles. The van der Waals surface area contributed by atoms with E-state index >= 15 is 0 Å². The summed E-state index contributed by atoms with van der Waals surface area (Å²) in [5.74, 6) is 0. The van der Waals surface area contributed by atoms with Crippen molar-refractivity contribution in [3.63, 3.8) is 0 Å². The number of nitrogens with zero attached hydrogens (tertiary/aromatic N) is 4. The van der Waals surface area contributed by atoms with Crippen molar-refractivity contribution >= 4 is 45.9 Å². The SMILES string of the molecule is CN(C)C=O.CN(C)C=O.CN(C)C=O.CN(C)C=O.O=S(=O)([O-])c1ccc(-c2ccc(S(=O)(=O)[O-])cc2)cc1.[NH3+]C(c1ccccc1)(c1ccccc1)c1ccccc1.[NH3+]C(c1ccccc1)(c1ccccc1)c1ccccc1. The molecule has 8 aromatic carbocycles. The maximum absolute atomic E-state index is 10.8. The number of hydrogen-bond acceptors (Lipinski definition) is 10. The van der Waals surface area contributed by atoms with Crippen LogP contribution in [0.2, 0.25) is 0 Å². The molecule has 8 rings (SSSR count). The zero-order valence-corrected chi connectivity index (χ0v) is 48.0. The third-order valence-electron chi connectivity index (χ3n) is 11.1. The second kappa shape index (κ2) is 34.3. The summed E-state index contributed by atoms with van der Waals surface area (Å²) < 4.78 is 64.7. The maximum Gasteiger partial charge on any atom is 0.209 e. The highest BCUT2D eigenvalue weighted by Crippen LogP contribution is 2.33. The fraction of sp³-hybridized carbons (Fsp3) is 0.161. The van der Waals surface area contributed by atoms with Crippen molar-refractivity contribution in [2.45, 2.75) is 20.9 Å². The second-order valence-corrected chi connectivity index (χ2v) is 21.0. The van der Waals surface area contributed by atoms with E-state index in [-0.39, 0.29) is 20.9 Å². The zero-order chi connectivity index (χ0) is 59.8. The fourth-order valence-corrected chi connectivity index (χ4v) is 7.90. The highest BCUT2D eigenvalue weighted by atomic mass is 32.2. The van der Waals surface area contributed by atoms with Gasteiger partial charge in [0.1, 0.15) is 20.2 Å². The van der Waals surface area contributed by atoms with Crippen LogP contribution in [0, 0.1) is 0 Å². The van der Waals surface area contributed by atoms with Crippen LogP contribution in [0.3, 0.4) is 0 Å². The summed E-state index contributed by atoms with van der Waals surface area (Å²) in [4.78, 5) is 42.8. The van der Waals surface area contributed by atoms with E-state index in [1.807, 2.05) is 36.4 Å². The third kappa shape index (κ3) is 22.8. The van der Waals surface area contributed by atoms with Crippen LogP contribution in [0.1, 0.15) is 33.4 Å². The first-order valence-electron chi connectivity index (χ1n) is 24.5. The summed E-state index contributed by atoms with van der Waals surface area (Å²) in [6, 6.07) is 73.2. The number of hydrogen-bond donors (Lipinski definition) is 2. The Kier molecular flexibility index (Phi) is 28.9. The van der Waals surface area contributed by atoms with Crippen molar-refractivity contribution in [2.24, 2.45) is 0 Å². The summed E-state index contributed by atoms with van der Waals surface area (Å²) in [6.45, 7) is 0. The summed E-state index contributed by atoms with van der Waals surface area (Å²) >= 11 is 0. The molecule has 0 aliphatic rings. The van der Waals surface area contributed by atoms with Gasteiger partial charge < -0.3 is 40.2 Å². The highest BCUT2D eigenvalue weighted by Gasteiger charge is 2.37. The van der Waals surface area contributed by atoms with Gasteiger partial charge in [-0.15, -0.1) is 0 Å².